The first-order valence-electron chi connectivity index (χ1n) is 10.6. The van der Waals surface area contributed by atoms with Crippen LogP contribution in [0.1, 0.15) is 22.3 Å². The summed E-state index contributed by atoms with van der Waals surface area (Å²) in [5.41, 5.74) is 5.12. The molecule has 4 aromatic carbocycles. The van der Waals surface area contributed by atoms with Crippen molar-refractivity contribution in [2.24, 2.45) is 0 Å². The third-order valence-electron chi connectivity index (χ3n) is 5.29. The zero-order chi connectivity index (χ0) is 21.8. The summed E-state index contributed by atoms with van der Waals surface area (Å²) in [6.07, 6.45) is 0. The minimum Gasteiger partial charge on any atom is -0.173 e. The number of benzene rings is 4. The fraction of sp³-hybridized carbons (Fsp3) is 0.143. The van der Waals surface area contributed by atoms with E-state index < -0.39 is 16.1 Å². The minimum atomic E-state index is -0.824. The highest BCUT2D eigenvalue weighted by molar-refractivity contribution is 7.85. The topological polar surface area (TPSA) is 14.1 Å². The molecule has 0 fully saturated rings. The van der Waals surface area contributed by atoms with Gasteiger partial charge in [-0.3, -0.25) is 0 Å². The molecular weight excluding hydrogens is 412 g/mol. The molecule has 0 spiro atoms. The van der Waals surface area contributed by atoms with Gasteiger partial charge in [-0.1, -0.05) is 119 Å². The summed E-state index contributed by atoms with van der Waals surface area (Å²) < 4.78 is 0. The summed E-state index contributed by atoms with van der Waals surface area (Å²) in [5, 5.41) is 5.21. The molecule has 0 aromatic heterocycles. The van der Waals surface area contributed by atoms with Crippen molar-refractivity contribution in [3.05, 3.63) is 119 Å². The maximum absolute atomic E-state index is 5.61. The normalized spacial score (nSPS) is 11.3. The lowest BCUT2D eigenvalue weighted by Gasteiger charge is -2.25. The summed E-state index contributed by atoms with van der Waals surface area (Å²) in [7, 11) is -1.65. The van der Waals surface area contributed by atoms with Crippen LogP contribution in [-0.4, -0.2) is 0 Å². The smallest absolute Gasteiger partial charge is 0.0497 e. The van der Waals surface area contributed by atoms with E-state index in [1.165, 1.54) is 43.5 Å². The Labute approximate surface area is 189 Å². The van der Waals surface area contributed by atoms with Crippen molar-refractivity contribution in [2.75, 3.05) is 0 Å². The van der Waals surface area contributed by atoms with E-state index in [-0.39, 0.29) is 0 Å². The van der Waals surface area contributed by atoms with Crippen molar-refractivity contribution in [1.29, 1.82) is 0 Å². The van der Waals surface area contributed by atoms with Gasteiger partial charge in [0.25, 0.3) is 0 Å². The van der Waals surface area contributed by atoms with Gasteiger partial charge in [-0.2, -0.15) is 4.86 Å². The van der Waals surface area contributed by atoms with Crippen molar-refractivity contribution in [3.8, 4) is 0 Å². The molecule has 0 unspecified atom stereocenters. The maximum Gasteiger partial charge on any atom is 0.0497 e. The molecule has 0 N–H and O–H groups in total. The summed E-state index contributed by atoms with van der Waals surface area (Å²) in [5.74, 6) is 0. The second-order valence-electron chi connectivity index (χ2n) is 8.06. The Morgan fingerprint density at radius 3 is 0.742 bits per heavy atom. The van der Waals surface area contributed by atoms with Crippen molar-refractivity contribution >= 4 is 37.4 Å². The fourth-order valence-corrected chi connectivity index (χ4v) is 8.03. The number of nitrogens with zero attached hydrogens (tertiary/aromatic N) is 1. The first kappa shape index (κ1) is 21.9. The largest absolute Gasteiger partial charge is 0.173 e. The van der Waals surface area contributed by atoms with Crippen LogP contribution in [0.2, 0.25) is 0 Å². The Morgan fingerprint density at radius 1 is 0.355 bits per heavy atom. The molecule has 0 amide bonds. The van der Waals surface area contributed by atoms with Crippen LogP contribution in [0.25, 0.3) is 0 Å². The molecule has 4 aromatic rings. The molecule has 31 heavy (non-hydrogen) atoms. The average molecular weight is 440 g/mol. The Hall–Kier alpha value is -2.30. The van der Waals surface area contributed by atoms with Crippen LogP contribution in [0.15, 0.2) is 97.1 Å². The maximum atomic E-state index is 5.61. The summed E-state index contributed by atoms with van der Waals surface area (Å²) in [4.78, 5) is 5.61. The van der Waals surface area contributed by atoms with Crippen LogP contribution in [0, 0.1) is 27.7 Å². The third-order valence-corrected chi connectivity index (χ3v) is 9.87. The van der Waals surface area contributed by atoms with E-state index in [1.54, 1.807) is 0 Å². The molecule has 3 heteroatoms. The van der Waals surface area contributed by atoms with E-state index >= 15 is 0 Å². The quantitative estimate of drug-likeness (QED) is 0.331. The molecule has 0 aliphatic carbocycles. The zero-order valence-corrected chi connectivity index (χ0v) is 20.4. The predicted molar refractivity (Wildman–Crippen MR) is 139 cm³/mol. The lowest BCUT2D eigenvalue weighted by atomic mass is 10.2. The van der Waals surface area contributed by atoms with Gasteiger partial charge in [-0.05, 0) is 48.9 Å². The highest BCUT2D eigenvalue weighted by Gasteiger charge is 2.23. The standard InChI is InChI=1S/C28H28NP2/c1-21-5-13-25(14-6-21)30(26-15-7-22(2)8-16-26)29-31(27-17-9-23(3)10-18-27)28-19-11-24(4)12-20-28/h5-20H,1-4H3. The predicted octanol–water partition coefficient (Wildman–Crippen LogP) is 5.92. The number of hydrogen-bond donors (Lipinski definition) is 0. The van der Waals surface area contributed by atoms with Gasteiger partial charge in [0, 0.05) is 16.1 Å². The van der Waals surface area contributed by atoms with Gasteiger partial charge in [-0.25, -0.2) is 0 Å². The molecule has 0 saturated heterocycles. The summed E-state index contributed by atoms with van der Waals surface area (Å²) in [6, 6.07) is 35.6. The van der Waals surface area contributed by atoms with Crippen LogP contribution in [0.5, 0.6) is 0 Å². The summed E-state index contributed by atoms with van der Waals surface area (Å²) >= 11 is 0. The highest BCUT2D eigenvalue weighted by Crippen LogP contribution is 2.45. The molecule has 0 aliphatic rings. The Balaban J connectivity index is 1.79. The average Bonchev–Trinajstić information content (AvgIpc) is 2.78. The van der Waals surface area contributed by atoms with Gasteiger partial charge < -0.3 is 0 Å². The van der Waals surface area contributed by atoms with Gasteiger partial charge in [0.1, 0.15) is 0 Å². The van der Waals surface area contributed by atoms with Crippen molar-refractivity contribution in [2.45, 2.75) is 27.7 Å². The van der Waals surface area contributed by atoms with E-state index in [0.29, 0.717) is 0 Å². The lowest BCUT2D eigenvalue weighted by molar-refractivity contribution is 1.47. The van der Waals surface area contributed by atoms with E-state index in [0.717, 1.165) is 0 Å². The molecule has 4 rings (SSSR count). The van der Waals surface area contributed by atoms with E-state index in [4.69, 9.17) is 4.86 Å². The molecule has 1 radical (unpaired) electrons. The fourth-order valence-electron chi connectivity index (χ4n) is 3.34. The molecule has 0 saturated carbocycles. The van der Waals surface area contributed by atoms with Gasteiger partial charge >= 0.3 is 0 Å². The summed E-state index contributed by atoms with van der Waals surface area (Å²) in [6.45, 7) is 8.56. The number of rotatable bonds is 6. The first-order valence-corrected chi connectivity index (χ1v) is 13.2. The number of hydrogen-bond acceptors (Lipinski definition) is 0. The van der Waals surface area contributed by atoms with Crippen LogP contribution in [0.3, 0.4) is 0 Å². The molecule has 0 heterocycles. The lowest BCUT2D eigenvalue weighted by Crippen LogP contribution is -2.23. The van der Waals surface area contributed by atoms with Crippen molar-refractivity contribution in [3.63, 3.8) is 0 Å². The van der Waals surface area contributed by atoms with Gasteiger partial charge in [0.2, 0.25) is 0 Å². The van der Waals surface area contributed by atoms with Gasteiger partial charge in [-0.15, -0.1) is 0 Å². The van der Waals surface area contributed by atoms with Crippen molar-refractivity contribution < 1.29 is 0 Å². The van der Waals surface area contributed by atoms with Gasteiger partial charge in [0.05, 0.1) is 0 Å². The van der Waals surface area contributed by atoms with E-state index in [9.17, 15) is 0 Å². The van der Waals surface area contributed by atoms with Crippen molar-refractivity contribution in [1.82, 2.24) is 4.86 Å². The highest BCUT2D eigenvalue weighted by atomic mass is 31.2. The van der Waals surface area contributed by atoms with Crippen LogP contribution in [0.4, 0.5) is 0 Å². The molecule has 155 valence electrons. The van der Waals surface area contributed by atoms with Crippen LogP contribution >= 0.6 is 16.1 Å². The molecule has 0 atom stereocenters. The SMILES string of the molecule is Cc1ccc(P([N]P(c2ccc(C)cc2)c2ccc(C)cc2)c2ccc(C)cc2)cc1. The minimum absolute atomic E-state index is 0.824. The monoisotopic (exact) mass is 440 g/mol. The molecule has 0 bridgehead atoms. The van der Waals surface area contributed by atoms with E-state index in [2.05, 4.69) is 125 Å². The Bertz CT molecular complexity index is 932. The molecule has 0 aliphatic heterocycles. The first-order chi connectivity index (χ1) is 15.0. The van der Waals surface area contributed by atoms with Gasteiger partial charge in [0.15, 0.2) is 0 Å². The second kappa shape index (κ2) is 9.88. The third kappa shape index (κ3) is 5.50. The van der Waals surface area contributed by atoms with E-state index in [1.807, 2.05) is 0 Å². The van der Waals surface area contributed by atoms with Crippen LogP contribution < -0.4 is 26.1 Å². The number of aryl methyl sites for hydroxylation is 4. The zero-order valence-electron chi connectivity index (χ0n) is 18.6. The Morgan fingerprint density at radius 2 is 0.548 bits per heavy atom. The van der Waals surface area contributed by atoms with Crippen LogP contribution in [-0.2, 0) is 0 Å². The molecule has 1 nitrogen and oxygen atoms in total. The molecular formula is C28H28NP2. The second-order valence-corrected chi connectivity index (χ2v) is 12.1. The Kier molecular flexibility index (Phi) is 6.99.